The predicted octanol–water partition coefficient (Wildman–Crippen LogP) is 0.668. The fraction of sp³-hybridized carbons (Fsp3) is 0.714. The van der Waals surface area contributed by atoms with Crippen LogP contribution in [0.15, 0.2) is 6.07 Å². The summed E-state index contributed by atoms with van der Waals surface area (Å²) >= 11 is 0. The molecule has 0 bridgehead atoms. The normalized spacial score (nSPS) is 23.2. The molecule has 3 heterocycles. The van der Waals surface area contributed by atoms with Crippen LogP contribution in [0.3, 0.4) is 0 Å². The number of aryl methyl sites for hydroxylation is 1. The lowest BCUT2D eigenvalue weighted by molar-refractivity contribution is -0.0884. The first-order valence-corrected chi connectivity index (χ1v) is 7.25. The third-order valence-corrected chi connectivity index (χ3v) is 4.31. The summed E-state index contributed by atoms with van der Waals surface area (Å²) < 4.78 is 6.12. The molecule has 0 radical (unpaired) electrons. The average molecular weight is 277 g/mol. The number of morpholine rings is 1. The average Bonchev–Trinajstić information content (AvgIpc) is 2.42. The van der Waals surface area contributed by atoms with Crippen molar-refractivity contribution >= 4 is 11.6 Å². The molecule has 0 unspecified atom stereocenters. The van der Waals surface area contributed by atoms with Gasteiger partial charge in [0.05, 0.1) is 12.2 Å². The van der Waals surface area contributed by atoms with Gasteiger partial charge in [-0.1, -0.05) is 0 Å². The monoisotopic (exact) mass is 277 g/mol. The molecule has 0 aliphatic carbocycles. The summed E-state index contributed by atoms with van der Waals surface area (Å²) in [7, 11) is 2.17. The van der Waals surface area contributed by atoms with Gasteiger partial charge in [-0.2, -0.15) is 0 Å². The minimum Gasteiger partial charge on any atom is -0.384 e. The summed E-state index contributed by atoms with van der Waals surface area (Å²) in [5.41, 5.74) is 5.82. The molecule has 110 valence electrons. The van der Waals surface area contributed by atoms with Crippen molar-refractivity contribution < 1.29 is 4.74 Å². The molecular formula is C14H23N5O. The number of rotatable bonds is 1. The molecule has 0 amide bonds. The van der Waals surface area contributed by atoms with Gasteiger partial charge in [-0.3, -0.25) is 0 Å². The molecule has 0 saturated carbocycles. The topological polar surface area (TPSA) is 67.5 Å². The minimum absolute atomic E-state index is 0.0155. The standard InChI is InChI=1S/C14H23N5O/c1-11-16-12(15)9-13(17-11)19-7-8-20-14(10-19)3-5-18(2)6-4-14/h9H,3-8,10H2,1-2H3,(H2,15,16,17). The second kappa shape index (κ2) is 5.18. The molecule has 3 rings (SSSR count). The lowest BCUT2D eigenvalue weighted by Crippen LogP contribution is -2.56. The van der Waals surface area contributed by atoms with Gasteiger partial charge in [0.2, 0.25) is 0 Å². The number of aromatic nitrogens is 2. The molecule has 0 atom stereocenters. The Morgan fingerprint density at radius 1 is 1.25 bits per heavy atom. The number of ether oxygens (including phenoxy) is 1. The van der Waals surface area contributed by atoms with Crippen molar-refractivity contribution in [2.45, 2.75) is 25.4 Å². The number of piperidine rings is 1. The summed E-state index contributed by atoms with van der Waals surface area (Å²) in [5.74, 6) is 2.19. The van der Waals surface area contributed by atoms with Crippen molar-refractivity contribution in [1.29, 1.82) is 0 Å². The summed E-state index contributed by atoms with van der Waals surface area (Å²) in [6.45, 7) is 6.60. The number of anilines is 2. The smallest absolute Gasteiger partial charge is 0.134 e. The van der Waals surface area contributed by atoms with Gasteiger partial charge in [0.25, 0.3) is 0 Å². The Kier molecular flexibility index (Phi) is 3.52. The molecule has 2 N–H and O–H groups in total. The SMILES string of the molecule is Cc1nc(N)cc(N2CCOC3(CCN(C)CC3)C2)n1. The molecule has 1 spiro atoms. The molecular weight excluding hydrogens is 254 g/mol. The van der Waals surface area contributed by atoms with Crippen LogP contribution in [0.5, 0.6) is 0 Å². The molecule has 2 aliphatic heterocycles. The van der Waals surface area contributed by atoms with E-state index in [1.54, 1.807) is 0 Å². The van der Waals surface area contributed by atoms with Gasteiger partial charge >= 0.3 is 0 Å². The molecule has 1 aromatic heterocycles. The van der Waals surface area contributed by atoms with Crippen LogP contribution in [0.1, 0.15) is 18.7 Å². The van der Waals surface area contributed by atoms with Gasteiger partial charge < -0.3 is 20.3 Å². The van der Waals surface area contributed by atoms with Gasteiger partial charge in [0, 0.05) is 32.2 Å². The highest BCUT2D eigenvalue weighted by atomic mass is 16.5. The lowest BCUT2D eigenvalue weighted by atomic mass is 9.89. The third-order valence-electron chi connectivity index (χ3n) is 4.31. The number of hydrogen-bond acceptors (Lipinski definition) is 6. The van der Waals surface area contributed by atoms with Gasteiger partial charge in [0.15, 0.2) is 0 Å². The van der Waals surface area contributed by atoms with E-state index in [0.717, 1.165) is 57.3 Å². The van der Waals surface area contributed by atoms with E-state index in [1.165, 1.54) is 0 Å². The van der Waals surface area contributed by atoms with Gasteiger partial charge in [0.1, 0.15) is 17.5 Å². The Hall–Kier alpha value is -1.40. The maximum absolute atomic E-state index is 6.12. The molecule has 6 nitrogen and oxygen atoms in total. The van der Waals surface area contributed by atoms with Crippen molar-refractivity contribution in [2.75, 3.05) is 50.5 Å². The molecule has 2 aliphatic rings. The molecule has 2 fully saturated rings. The van der Waals surface area contributed by atoms with Crippen LogP contribution in [0.4, 0.5) is 11.6 Å². The first kappa shape index (κ1) is 13.6. The zero-order valence-corrected chi connectivity index (χ0v) is 12.3. The number of nitrogens with two attached hydrogens (primary N) is 1. The highest BCUT2D eigenvalue weighted by molar-refractivity contribution is 5.47. The largest absolute Gasteiger partial charge is 0.384 e. The van der Waals surface area contributed by atoms with E-state index in [4.69, 9.17) is 10.5 Å². The maximum Gasteiger partial charge on any atom is 0.134 e. The van der Waals surface area contributed by atoms with Gasteiger partial charge in [-0.05, 0) is 26.8 Å². The number of nitrogens with zero attached hydrogens (tertiary/aromatic N) is 4. The van der Waals surface area contributed by atoms with Crippen molar-refractivity contribution in [3.05, 3.63) is 11.9 Å². The molecule has 0 aromatic carbocycles. The van der Waals surface area contributed by atoms with Crippen molar-refractivity contribution in [1.82, 2.24) is 14.9 Å². The van der Waals surface area contributed by atoms with E-state index in [2.05, 4.69) is 26.8 Å². The number of nitrogen functional groups attached to an aromatic ring is 1. The number of likely N-dealkylation sites (tertiary alicyclic amines) is 1. The molecule has 1 aromatic rings. The highest BCUT2D eigenvalue weighted by Crippen LogP contribution is 2.31. The first-order valence-electron chi connectivity index (χ1n) is 7.25. The van der Waals surface area contributed by atoms with Crippen molar-refractivity contribution in [3.63, 3.8) is 0 Å². The summed E-state index contributed by atoms with van der Waals surface area (Å²) in [6.07, 6.45) is 2.17. The van der Waals surface area contributed by atoms with Crippen LogP contribution in [-0.4, -0.2) is 60.3 Å². The first-order chi connectivity index (χ1) is 9.56. The Morgan fingerprint density at radius 3 is 2.70 bits per heavy atom. The zero-order chi connectivity index (χ0) is 14.2. The van der Waals surface area contributed by atoms with Crippen LogP contribution < -0.4 is 10.6 Å². The van der Waals surface area contributed by atoms with Crippen LogP contribution >= 0.6 is 0 Å². The van der Waals surface area contributed by atoms with Crippen molar-refractivity contribution in [2.24, 2.45) is 0 Å². The van der Waals surface area contributed by atoms with E-state index in [1.807, 2.05) is 13.0 Å². The van der Waals surface area contributed by atoms with Crippen LogP contribution in [-0.2, 0) is 4.74 Å². The van der Waals surface area contributed by atoms with Crippen LogP contribution in [0.2, 0.25) is 0 Å². The molecule has 2 saturated heterocycles. The summed E-state index contributed by atoms with van der Waals surface area (Å²) in [5, 5.41) is 0. The van der Waals surface area contributed by atoms with E-state index < -0.39 is 0 Å². The maximum atomic E-state index is 6.12. The minimum atomic E-state index is -0.0155. The predicted molar refractivity (Wildman–Crippen MR) is 78.8 cm³/mol. The second-order valence-corrected chi connectivity index (χ2v) is 5.95. The molecule has 20 heavy (non-hydrogen) atoms. The van der Waals surface area contributed by atoms with Gasteiger partial charge in [-0.25, -0.2) is 9.97 Å². The summed E-state index contributed by atoms with van der Waals surface area (Å²) in [4.78, 5) is 13.3. The Morgan fingerprint density at radius 2 is 2.00 bits per heavy atom. The van der Waals surface area contributed by atoms with E-state index in [9.17, 15) is 0 Å². The van der Waals surface area contributed by atoms with E-state index in [0.29, 0.717) is 5.82 Å². The van der Waals surface area contributed by atoms with Crippen molar-refractivity contribution in [3.8, 4) is 0 Å². The Bertz CT molecular complexity index is 464. The fourth-order valence-electron chi connectivity index (χ4n) is 3.11. The zero-order valence-electron chi connectivity index (χ0n) is 12.3. The van der Waals surface area contributed by atoms with Crippen LogP contribution in [0.25, 0.3) is 0 Å². The Labute approximate surface area is 119 Å². The quantitative estimate of drug-likeness (QED) is 0.814. The van der Waals surface area contributed by atoms with Gasteiger partial charge in [-0.15, -0.1) is 0 Å². The third kappa shape index (κ3) is 2.71. The van der Waals surface area contributed by atoms with Crippen LogP contribution in [0, 0.1) is 6.92 Å². The highest BCUT2D eigenvalue weighted by Gasteiger charge is 2.39. The fourth-order valence-corrected chi connectivity index (χ4v) is 3.11. The number of hydrogen-bond donors (Lipinski definition) is 1. The molecule has 6 heteroatoms. The Balaban J connectivity index is 1.78. The van der Waals surface area contributed by atoms with E-state index in [-0.39, 0.29) is 5.60 Å². The summed E-state index contributed by atoms with van der Waals surface area (Å²) in [6, 6.07) is 1.86. The lowest BCUT2D eigenvalue weighted by Gasteiger charge is -2.47. The van der Waals surface area contributed by atoms with E-state index >= 15 is 0 Å². The second-order valence-electron chi connectivity index (χ2n) is 5.95.